The molecule has 0 bridgehead atoms. The Morgan fingerprint density at radius 3 is 2.10 bits per heavy atom. The SMILES string of the molecule is Cc1ccc(N(CC(=O)N(Cc2ccc(Cl)cc2)[C@@H](C)C(=O)NC(C)(C)C)S(=O)(=O)c2ccccc2)cc1C. The largest absolute Gasteiger partial charge is 0.350 e. The second-order valence-electron chi connectivity index (χ2n) is 10.7. The van der Waals surface area contributed by atoms with Gasteiger partial charge in [0.15, 0.2) is 0 Å². The minimum atomic E-state index is -4.10. The lowest BCUT2D eigenvalue weighted by atomic mass is 10.1. The molecule has 0 aromatic heterocycles. The van der Waals surface area contributed by atoms with Gasteiger partial charge in [0.2, 0.25) is 11.8 Å². The lowest BCUT2D eigenvalue weighted by molar-refractivity contribution is -0.140. The normalized spacial score (nSPS) is 12.5. The van der Waals surface area contributed by atoms with Crippen LogP contribution in [0.5, 0.6) is 0 Å². The predicted molar refractivity (Wildman–Crippen MR) is 156 cm³/mol. The number of hydrogen-bond donors (Lipinski definition) is 1. The third-order valence-electron chi connectivity index (χ3n) is 6.32. The number of amides is 2. The number of halogens is 1. The van der Waals surface area contributed by atoms with Crippen molar-refractivity contribution in [2.24, 2.45) is 0 Å². The summed E-state index contributed by atoms with van der Waals surface area (Å²) in [6.07, 6.45) is 0. The van der Waals surface area contributed by atoms with Crippen molar-refractivity contribution in [1.29, 1.82) is 0 Å². The summed E-state index contributed by atoms with van der Waals surface area (Å²) in [6.45, 7) is 10.6. The lowest BCUT2D eigenvalue weighted by Gasteiger charge is -2.33. The highest BCUT2D eigenvalue weighted by atomic mass is 35.5. The zero-order valence-corrected chi connectivity index (χ0v) is 24.8. The van der Waals surface area contributed by atoms with E-state index in [0.29, 0.717) is 10.7 Å². The van der Waals surface area contributed by atoms with E-state index >= 15 is 0 Å². The Bertz CT molecular complexity index is 1420. The van der Waals surface area contributed by atoms with E-state index in [0.717, 1.165) is 21.0 Å². The molecule has 0 saturated heterocycles. The van der Waals surface area contributed by atoms with Crippen molar-refractivity contribution < 1.29 is 18.0 Å². The van der Waals surface area contributed by atoms with Crippen LogP contribution in [0.2, 0.25) is 5.02 Å². The molecule has 9 heteroatoms. The number of benzene rings is 3. The topological polar surface area (TPSA) is 86.8 Å². The summed E-state index contributed by atoms with van der Waals surface area (Å²) >= 11 is 6.05. The number of carbonyl (C=O) groups excluding carboxylic acids is 2. The fraction of sp³-hybridized carbons (Fsp3) is 0.333. The Labute approximate surface area is 236 Å². The van der Waals surface area contributed by atoms with E-state index in [4.69, 9.17) is 11.6 Å². The molecule has 0 heterocycles. The zero-order chi connectivity index (χ0) is 29.0. The number of sulfonamides is 1. The third kappa shape index (κ3) is 7.83. The summed E-state index contributed by atoms with van der Waals surface area (Å²) in [7, 11) is -4.10. The highest BCUT2D eigenvalue weighted by molar-refractivity contribution is 7.92. The molecule has 0 radical (unpaired) electrons. The molecule has 3 aromatic carbocycles. The Kier molecular flexibility index (Phi) is 9.46. The molecular formula is C30H36ClN3O4S. The van der Waals surface area contributed by atoms with Crippen molar-refractivity contribution in [1.82, 2.24) is 10.2 Å². The highest BCUT2D eigenvalue weighted by Crippen LogP contribution is 2.26. The van der Waals surface area contributed by atoms with Gasteiger partial charge >= 0.3 is 0 Å². The Morgan fingerprint density at radius 2 is 1.54 bits per heavy atom. The third-order valence-corrected chi connectivity index (χ3v) is 8.36. The minimum Gasteiger partial charge on any atom is -0.350 e. The van der Waals surface area contributed by atoms with Crippen LogP contribution >= 0.6 is 11.6 Å². The predicted octanol–water partition coefficient (Wildman–Crippen LogP) is 5.48. The molecule has 0 aliphatic carbocycles. The van der Waals surface area contributed by atoms with Crippen LogP contribution in [-0.2, 0) is 26.2 Å². The maximum Gasteiger partial charge on any atom is 0.264 e. The van der Waals surface area contributed by atoms with Gasteiger partial charge in [0.1, 0.15) is 12.6 Å². The van der Waals surface area contributed by atoms with Crippen LogP contribution in [0, 0.1) is 13.8 Å². The van der Waals surface area contributed by atoms with E-state index in [1.807, 2.05) is 40.7 Å². The highest BCUT2D eigenvalue weighted by Gasteiger charge is 2.33. The van der Waals surface area contributed by atoms with E-state index in [2.05, 4.69) is 5.32 Å². The van der Waals surface area contributed by atoms with Crippen LogP contribution < -0.4 is 9.62 Å². The van der Waals surface area contributed by atoms with Crippen LogP contribution in [0.3, 0.4) is 0 Å². The average Bonchev–Trinajstić information content (AvgIpc) is 2.87. The molecule has 1 N–H and O–H groups in total. The molecule has 0 unspecified atom stereocenters. The molecule has 3 rings (SSSR count). The molecule has 0 aliphatic rings. The number of anilines is 1. The maximum atomic E-state index is 14.0. The van der Waals surface area contributed by atoms with Gasteiger partial charge in [-0.05, 0) is 94.6 Å². The first-order valence-electron chi connectivity index (χ1n) is 12.7. The molecule has 2 amide bonds. The van der Waals surface area contributed by atoms with Crippen molar-refractivity contribution in [3.8, 4) is 0 Å². The van der Waals surface area contributed by atoms with E-state index in [1.54, 1.807) is 61.5 Å². The van der Waals surface area contributed by atoms with Crippen LogP contribution in [0.25, 0.3) is 0 Å². The monoisotopic (exact) mass is 569 g/mol. The summed E-state index contributed by atoms with van der Waals surface area (Å²) in [4.78, 5) is 28.6. The maximum absolute atomic E-state index is 14.0. The summed E-state index contributed by atoms with van der Waals surface area (Å²) in [5.41, 5.74) is 2.51. The molecule has 0 saturated carbocycles. The lowest BCUT2D eigenvalue weighted by Crippen LogP contribution is -2.54. The summed E-state index contributed by atoms with van der Waals surface area (Å²) < 4.78 is 28.8. The number of nitrogens with one attached hydrogen (secondary N) is 1. The number of carbonyl (C=O) groups is 2. The molecule has 0 spiro atoms. The zero-order valence-electron chi connectivity index (χ0n) is 23.2. The van der Waals surface area contributed by atoms with Crippen LogP contribution in [-0.4, -0.2) is 43.3 Å². The van der Waals surface area contributed by atoms with Gasteiger partial charge in [0.05, 0.1) is 10.6 Å². The van der Waals surface area contributed by atoms with Crippen molar-refractivity contribution in [2.75, 3.05) is 10.8 Å². The fourth-order valence-electron chi connectivity index (χ4n) is 3.97. The molecule has 7 nitrogen and oxygen atoms in total. The standard InChI is InChI=1S/C30H36ClN3O4S/c1-21-12-17-26(18-22(21)2)34(39(37,38)27-10-8-7-9-11-27)20-28(35)33(19-24-13-15-25(31)16-14-24)23(3)29(36)32-30(4,5)6/h7-18,23H,19-20H2,1-6H3,(H,32,36)/t23-/m0/s1. The summed E-state index contributed by atoms with van der Waals surface area (Å²) in [5.74, 6) is -0.854. The average molecular weight is 570 g/mol. The smallest absolute Gasteiger partial charge is 0.264 e. The van der Waals surface area contributed by atoms with Gasteiger partial charge in [-0.2, -0.15) is 0 Å². The molecule has 0 aliphatic heterocycles. The first-order valence-corrected chi connectivity index (χ1v) is 14.5. The number of hydrogen-bond acceptors (Lipinski definition) is 4. The van der Waals surface area contributed by atoms with Crippen molar-refractivity contribution in [3.05, 3.63) is 94.5 Å². The van der Waals surface area contributed by atoms with E-state index < -0.39 is 34.1 Å². The van der Waals surface area contributed by atoms with Crippen molar-refractivity contribution in [2.45, 2.75) is 64.6 Å². The second kappa shape index (κ2) is 12.2. The van der Waals surface area contributed by atoms with Gasteiger partial charge in [0, 0.05) is 17.1 Å². The minimum absolute atomic E-state index is 0.0683. The molecule has 1 atom stereocenters. The Morgan fingerprint density at radius 1 is 0.923 bits per heavy atom. The van der Waals surface area contributed by atoms with Crippen LogP contribution in [0.4, 0.5) is 5.69 Å². The van der Waals surface area contributed by atoms with Gasteiger partial charge in [-0.25, -0.2) is 8.42 Å². The first-order chi connectivity index (χ1) is 18.2. The quantitative estimate of drug-likeness (QED) is 0.369. The Hall–Kier alpha value is -3.36. The fourth-order valence-corrected chi connectivity index (χ4v) is 5.53. The van der Waals surface area contributed by atoms with E-state index in [-0.39, 0.29) is 17.3 Å². The number of rotatable bonds is 9. The number of aryl methyl sites for hydroxylation is 2. The second-order valence-corrected chi connectivity index (χ2v) is 13.0. The van der Waals surface area contributed by atoms with Gasteiger partial charge < -0.3 is 10.2 Å². The van der Waals surface area contributed by atoms with Gasteiger partial charge in [-0.15, -0.1) is 0 Å². The van der Waals surface area contributed by atoms with Crippen molar-refractivity contribution in [3.63, 3.8) is 0 Å². The van der Waals surface area contributed by atoms with E-state index in [9.17, 15) is 18.0 Å². The van der Waals surface area contributed by atoms with Gasteiger partial charge in [-0.1, -0.05) is 48.0 Å². The van der Waals surface area contributed by atoms with Crippen molar-refractivity contribution >= 4 is 39.1 Å². The first kappa shape index (κ1) is 30.2. The van der Waals surface area contributed by atoms with Crippen LogP contribution in [0.15, 0.2) is 77.7 Å². The van der Waals surface area contributed by atoms with Gasteiger partial charge in [0.25, 0.3) is 10.0 Å². The molecular weight excluding hydrogens is 534 g/mol. The number of nitrogens with zero attached hydrogens (tertiary/aromatic N) is 2. The van der Waals surface area contributed by atoms with E-state index in [1.165, 1.54) is 17.0 Å². The summed E-state index contributed by atoms with van der Waals surface area (Å²) in [6, 6.07) is 19.4. The molecule has 3 aromatic rings. The molecule has 0 fully saturated rings. The Balaban J connectivity index is 2.04. The summed E-state index contributed by atoms with van der Waals surface area (Å²) in [5, 5.41) is 3.46. The molecule has 208 valence electrons. The molecule has 39 heavy (non-hydrogen) atoms. The van der Waals surface area contributed by atoms with Crippen LogP contribution in [0.1, 0.15) is 44.4 Å². The van der Waals surface area contributed by atoms with Gasteiger partial charge in [-0.3, -0.25) is 13.9 Å².